The van der Waals surface area contributed by atoms with Crippen molar-refractivity contribution < 1.29 is 0 Å². The molecule has 0 amide bonds. The fourth-order valence-electron chi connectivity index (χ4n) is 0.947. The van der Waals surface area contributed by atoms with Gasteiger partial charge in [-0.2, -0.15) is 0 Å². The summed E-state index contributed by atoms with van der Waals surface area (Å²) >= 11 is 5.92. The van der Waals surface area contributed by atoms with Gasteiger partial charge in [-0.25, -0.2) is 0 Å². The monoisotopic (exact) mass is 177 g/mol. The third kappa shape index (κ3) is 1.70. The molecule has 0 aliphatic heterocycles. The molecule has 60 valence electrons. The predicted molar refractivity (Wildman–Crippen MR) is 54.1 cm³/mol. The third-order valence-electron chi connectivity index (χ3n) is 1.63. The first-order valence-electron chi connectivity index (χ1n) is 3.70. The van der Waals surface area contributed by atoms with Crippen LogP contribution in [0.4, 0.5) is 0 Å². The van der Waals surface area contributed by atoms with E-state index in [1.165, 1.54) is 0 Å². The zero-order chi connectivity index (χ0) is 9.14. The lowest BCUT2D eigenvalue weighted by Gasteiger charge is -2.04. The maximum Gasteiger partial charge on any atom is 0.118 e. The van der Waals surface area contributed by atoms with Crippen LogP contribution in [-0.2, 0) is 0 Å². The summed E-state index contributed by atoms with van der Waals surface area (Å²) in [5.74, 6) is 0. The van der Waals surface area contributed by atoms with E-state index in [1.807, 2.05) is 26.0 Å². The van der Waals surface area contributed by atoms with Gasteiger partial charge in [0.15, 0.2) is 0 Å². The average molecular weight is 177 g/mol. The van der Waals surface area contributed by atoms with Gasteiger partial charge >= 0.3 is 0 Å². The van der Waals surface area contributed by atoms with Gasteiger partial charge < -0.3 is 0 Å². The van der Waals surface area contributed by atoms with Crippen LogP contribution in [0.5, 0.6) is 0 Å². The van der Waals surface area contributed by atoms with E-state index < -0.39 is 0 Å². The Hall–Kier alpha value is -0.755. The molecule has 0 saturated carbocycles. The van der Waals surface area contributed by atoms with Crippen LogP contribution in [0.25, 0.3) is 6.08 Å². The van der Waals surface area contributed by atoms with Gasteiger partial charge in [0.1, 0.15) is 7.85 Å². The SMILES string of the molecule is [B]c1cnc(/C=C\C)c(C)c1Cl. The van der Waals surface area contributed by atoms with Gasteiger partial charge in [0.2, 0.25) is 0 Å². The second-order valence-corrected chi connectivity index (χ2v) is 2.92. The molecule has 1 heterocycles. The molecular formula is C9H9BClN. The van der Waals surface area contributed by atoms with Crippen molar-refractivity contribution in [2.75, 3.05) is 0 Å². The van der Waals surface area contributed by atoms with Gasteiger partial charge in [-0.15, -0.1) is 0 Å². The zero-order valence-corrected chi connectivity index (χ0v) is 7.89. The van der Waals surface area contributed by atoms with Crippen LogP contribution < -0.4 is 5.46 Å². The van der Waals surface area contributed by atoms with Crippen molar-refractivity contribution in [1.29, 1.82) is 0 Å². The first kappa shape index (κ1) is 9.33. The predicted octanol–water partition coefficient (Wildman–Crippen LogP) is 1.87. The summed E-state index contributed by atoms with van der Waals surface area (Å²) in [4.78, 5) is 4.13. The van der Waals surface area contributed by atoms with Crippen LogP contribution in [0.1, 0.15) is 18.2 Å². The Labute approximate surface area is 78.9 Å². The van der Waals surface area contributed by atoms with Gasteiger partial charge in [0, 0.05) is 11.2 Å². The maximum atomic E-state index is 5.92. The first-order valence-corrected chi connectivity index (χ1v) is 4.08. The van der Waals surface area contributed by atoms with Crippen molar-refractivity contribution in [3.8, 4) is 0 Å². The Morgan fingerprint density at radius 2 is 2.25 bits per heavy atom. The van der Waals surface area contributed by atoms with Crippen LogP contribution in [0.2, 0.25) is 5.02 Å². The highest BCUT2D eigenvalue weighted by Crippen LogP contribution is 2.15. The number of pyridine rings is 1. The van der Waals surface area contributed by atoms with E-state index in [0.29, 0.717) is 10.5 Å². The van der Waals surface area contributed by atoms with E-state index >= 15 is 0 Å². The van der Waals surface area contributed by atoms with Crippen LogP contribution in [-0.4, -0.2) is 12.8 Å². The van der Waals surface area contributed by atoms with E-state index in [9.17, 15) is 0 Å². The smallest absolute Gasteiger partial charge is 0.118 e. The Morgan fingerprint density at radius 1 is 1.58 bits per heavy atom. The Kier molecular flexibility index (Phi) is 2.93. The van der Waals surface area contributed by atoms with Crippen LogP contribution in [0, 0.1) is 6.92 Å². The lowest BCUT2D eigenvalue weighted by atomic mass is 9.96. The molecule has 1 nitrogen and oxygen atoms in total. The molecule has 3 heteroatoms. The summed E-state index contributed by atoms with van der Waals surface area (Å²) < 4.78 is 0. The van der Waals surface area contributed by atoms with Gasteiger partial charge in [-0.05, 0) is 25.5 Å². The number of nitrogens with zero attached hydrogens (tertiary/aromatic N) is 1. The molecule has 1 aromatic rings. The second-order valence-electron chi connectivity index (χ2n) is 2.54. The fourth-order valence-corrected chi connectivity index (χ4v) is 1.09. The molecule has 1 rings (SSSR count). The molecule has 1 aromatic heterocycles. The van der Waals surface area contributed by atoms with Crippen molar-refractivity contribution >= 4 is 31.0 Å². The van der Waals surface area contributed by atoms with Crippen molar-refractivity contribution in [2.24, 2.45) is 0 Å². The average Bonchev–Trinajstić information content (AvgIpc) is 2.07. The molecule has 0 aromatic carbocycles. The minimum Gasteiger partial charge on any atom is -0.257 e. The largest absolute Gasteiger partial charge is 0.257 e. The van der Waals surface area contributed by atoms with Crippen LogP contribution in [0.3, 0.4) is 0 Å². The van der Waals surface area contributed by atoms with Gasteiger partial charge in [-0.3, -0.25) is 4.98 Å². The molecule has 0 spiro atoms. The quantitative estimate of drug-likeness (QED) is 0.597. The van der Waals surface area contributed by atoms with E-state index in [1.54, 1.807) is 6.20 Å². The molecular weight excluding hydrogens is 168 g/mol. The van der Waals surface area contributed by atoms with Crippen LogP contribution >= 0.6 is 11.6 Å². The number of aromatic nitrogens is 1. The topological polar surface area (TPSA) is 12.9 Å². The number of halogens is 1. The van der Waals surface area contributed by atoms with E-state index in [4.69, 9.17) is 19.4 Å². The highest BCUT2D eigenvalue weighted by atomic mass is 35.5. The number of rotatable bonds is 1. The van der Waals surface area contributed by atoms with Gasteiger partial charge in [0.05, 0.1) is 5.69 Å². The van der Waals surface area contributed by atoms with Gasteiger partial charge in [0.25, 0.3) is 0 Å². The molecule has 0 saturated heterocycles. The number of hydrogen-bond donors (Lipinski definition) is 0. The Bertz CT molecular complexity index is 321. The highest BCUT2D eigenvalue weighted by Gasteiger charge is 2.02. The van der Waals surface area contributed by atoms with E-state index in [-0.39, 0.29) is 0 Å². The summed E-state index contributed by atoms with van der Waals surface area (Å²) in [6, 6.07) is 0. The van der Waals surface area contributed by atoms with Crippen LogP contribution in [0.15, 0.2) is 12.3 Å². The van der Waals surface area contributed by atoms with Gasteiger partial charge in [-0.1, -0.05) is 23.1 Å². The molecule has 12 heavy (non-hydrogen) atoms. The summed E-state index contributed by atoms with van der Waals surface area (Å²) in [6.45, 7) is 3.84. The van der Waals surface area contributed by atoms with Crippen molar-refractivity contribution in [3.05, 3.63) is 28.6 Å². The minimum absolute atomic E-state index is 0.530. The number of allylic oxidation sites excluding steroid dienone is 1. The molecule has 0 unspecified atom stereocenters. The normalized spacial score (nSPS) is 10.9. The maximum absolute atomic E-state index is 5.92. The lowest BCUT2D eigenvalue weighted by Crippen LogP contribution is -2.08. The summed E-state index contributed by atoms with van der Waals surface area (Å²) in [5, 5.41) is 0.595. The molecule has 0 fully saturated rings. The molecule has 0 aliphatic carbocycles. The molecule has 0 atom stereocenters. The van der Waals surface area contributed by atoms with Crippen molar-refractivity contribution in [2.45, 2.75) is 13.8 Å². The van der Waals surface area contributed by atoms with E-state index in [2.05, 4.69) is 4.98 Å². The second kappa shape index (κ2) is 3.77. The summed E-state index contributed by atoms with van der Waals surface area (Å²) in [7, 11) is 5.57. The Morgan fingerprint density at radius 3 is 2.83 bits per heavy atom. The van der Waals surface area contributed by atoms with E-state index in [0.717, 1.165) is 11.3 Å². The lowest BCUT2D eigenvalue weighted by molar-refractivity contribution is 1.25. The number of hydrogen-bond acceptors (Lipinski definition) is 1. The summed E-state index contributed by atoms with van der Waals surface area (Å²) in [6.07, 6.45) is 5.40. The first-order chi connectivity index (χ1) is 5.66. The zero-order valence-electron chi connectivity index (χ0n) is 7.13. The highest BCUT2D eigenvalue weighted by molar-refractivity contribution is 6.45. The molecule has 2 radical (unpaired) electrons. The third-order valence-corrected chi connectivity index (χ3v) is 2.14. The summed E-state index contributed by atoms with van der Waals surface area (Å²) in [5.41, 5.74) is 2.33. The molecule has 0 bridgehead atoms. The minimum atomic E-state index is 0.530. The standard InChI is InChI=1S/C9H9BClN/c1-3-4-8-6(2)9(11)7(10)5-12-8/h3-5H,1-2H3/b4-3-. The Balaban J connectivity index is 3.26. The molecule has 0 N–H and O–H groups in total. The van der Waals surface area contributed by atoms with Crippen molar-refractivity contribution in [1.82, 2.24) is 4.98 Å². The van der Waals surface area contributed by atoms with Crippen molar-refractivity contribution in [3.63, 3.8) is 0 Å². The fraction of sp³-hybridized carbons (Fsp3) is 0.222. The molecule has 0 aliphatic rings.